The molecule has 1 aliphatic carbocycles. The maximum absolute atomic E-state index is 3.61. The third-order valence-corrected chi connectivity index (χ3v) is 4.66. The van der Waals surface area contributed by atoms with Crippen LogP contribution in [0.25, 0.3) is 0 Å². The Bertz CT molecular complexity index is 230. The van der Waals surface area contributed by atoms with E-state index >= 15 is 0 Å². The highest BCUT2D eigenvalue weighted by Crippen LogP contribution is 2.20. The molecule has 2 aliphatic rings. The molecule has 1 heterocycles. The Balaban J connectivity index is 1.56. The lowest BCUT2D eigenvalue weighted by Crippen LogP contribution is -2.45. The zero-order valence-electron chi connectivity index (χ0n) is 12.5. The monoisotopic (exact) mass is 253 g/mol. The first kappa shape index (κ1) is 14.3. The molecule has 0 radical (unpaired) electrons. The lowest BCUT2D eigenvalue weighted by atomic mass is 10.0. The third kappa shape index (κ3) is 4.52. The fourth-order valence-corrected chi connectivity index (χ4v) is 3.02. The van der Waals surface area contributed by atoms with Gasteiger partial charge in [0.2, 0.25) is 0 Å². The van der Waals surface area contributed by atoms with Crippen LogP contribution in [0.3, 0.4) is 0 Å². The van der Waals surface area contributed by atoms with E-state index in [0.29, 0.717) is 0 Å². The second kappa shape index (κ2) is 6.88. The molecule has 0 aromatic heterocycles. The van der Waals surface area contributed by atoms with Gasteiger partial charge in [-0.1, -0.05) is 0 Å². The minimum atomic E-state index is 0.772. The van der Waals surface area contributed by atoms with Gasteiger partial charge in [0.25, 0.3) is 0 Å². The fourth-order valence-electron chi connectivity index (χ4n) is 3.02. The van der Waals surface area contributed by atoms with E-state index < -0.39 is 0 Å². The molecule has 0 spiro atoms. The normalized spacial score (nSPS) is 24.7. The SMILES string of the molecule is CC(CCCNC1CC1)N1CCC(N(C)C)CC1. The number of likely N-dealkylation sites (tertiary alicyclic amines) is 1. The molecule has 1 atom stereocenters. The first-order valence-corrected chi connectivity index (χ1v) is 7.80. The van der Waals surface area contributed by atoms with Crippen LogP contribution in [-0.2, 0) is 0 Å². The van der Waals surface area contributed by atoms with Gasteiger partial charge in [0.1, 0.15) is 0 Å². The minimum Gasteiger partial charge on any atom is -0.314 e. The number of nitrogens with one attached hydrogen (secondary N) is 1. The summed E-state index contributed by atoms with van der Waals surface area (Å²) in [6, 6.07) is 2.45. The Kier molecular flexibility index (Phi) is 5.46. The van der Waals surface area contributed by atoms with Crippen molar-refractivity contribution in [3.05, 3.63) is 0 Å². The Morgan fingerprint density at radius 2 is 1.83 bits per heavy atom. The third-order valence-electron chi connectivity index (χ3n) is 4.66. The molecule has 3 heteroatoms. The molecule has 2 rings (SSSR count). The van der Waals surface area contributed by atoms with Crippen molar-refractivity contribution < 1.29 is 0 Å². The van der Waals surface area contributed by atoms with Crippen LogP contribution < -0.4 is 5.32 Å². The van der Waals surface area contributed by atoms with Gasteiger partial charge in [-0.25, -0.2) is 0 Å². The molecule has 1 N–H and O–H groups in total. The Morgan fingerprint density at radius 1 is 1.17 bits per heavy atom. The van der Waals surface area contributed by atoms with E-state index in [1.165, 1.54) is 58.2 Å². The van der Waals surface area contributed by atoms with Gasteiger partial charge < -0.3 is 15.1 Å². The van der Waals surface area contributed by atoms with Gasteiger partial charge in [0.15, 0.2) is 0 Å². The quantitative estimate of drug-likeness (QED) is 0.700. The second-order valence-electron chi connectivity index (χ2n) is 6.45. The van der Waals surface area contributed by atoms with Gasteiger partial charge in [-0.15, -0.1) is 0 Å². The highest BCUT2D eigenvalue weighted by atomic mass is 15.2. The van der Waals surface area contributed by atoms with Gasteiger partial charge in [0, 0.05) is 18.1 Å². The van der Waals surface area contributed by atoms with E-state index in [9.17, 15) is 0 Å². The van der Waals surface area contributed by atoms with Crippen LogP contribution in [0.1, 0.15) is 45.4 Å². The smallest absolute Gasteiger partial charge is 0.0113 e. The molecule has 0 aromatic carbocycles. The lowest BCUT2D eigenvalue weighted by Gasteiger charge is -2.38. The molecule has 106 valence electrons. The number of piperidine rings is 1. The molecule has 1 saturated carbocycles. The highest BCUT2D eigenvalue weighted by Gasteiger charge is 2.24. The maximum Gasteiger partial charge on any atom is 0.0113 e. The van der Waals surface area contributed by atoms with Crippen LogP contribution in [-0.4, -0.2) is 61.7 Å². The summed E-state index contributed by atoms with van der Waals surface area (Å²) in [6.45, 7) is 6.22. The average molecular weight is 253 g/mol. The first-order chi connectivity index (χ1) is 8.66. The molecule has 0 aromatic rings. The standard InChI is InChI=1S/C15H31N3/c1-13(5-4-10-16-14-6-7-14)18-11-8-15(9-12-18)17(2)3/h13-16H,4-12H2,1-3H3. The molecule has 3 nitrogen and oxygen atoms in total. The van der Waals surface area contributed by atoms with Crippen LogP contribution in [0.2, 0.25) is 0 Å². The Morgan fingerprint density at radius 3 is 2.39 bits per heavy atom. The second-order valence-corrected chi connectivity index (χ2v) is 6.45. The summed E-state index contributed by atoms with van der Waals surface area (Å²) in [5, 5.41) is 3.61. The predicted molar refractivity (Wildman–Crippen MR) is 78.0 cm³/mol. The zero-order valence-corrected chi connectivity index (χ0v) is 12.5. The summed E-state index contributed by atoms with van der Waals surface area (Å²) >= 11 is 0. The molecular weight excluding hydrogens is 222 g/mol. The number of hydrogen-bond acceptors (Lipinski definition) is 3. The fraction of sp³-hybridized carbons (Fsp3) is 1.00. The van der Waals surface area contributed by atoms with Crippen LogP contribution in [0.4, 0.5) is 0 Å². The van der Waals surface area contributed by atoms with Crippen LogP contribution in [0.5, 0.6) is 0 Å². The van der Waals surface area contributed by atoms with Crippen LogP contribution in [0, 0.1) is 0 Å². The highest BCUT2D eigenvalue weighted by molar-refractivity contribution is 4.82. The lowest BCUT2D eigenvalue weighted by molar-refractivity contribution is 0.110. The first-order valence-electron chi connectivity index (χ1n) is 7.80. The summed E-state index contributed by atoms with van der Waals surface area (Å²) in [7, 11) is 4.43. The Hall–Kier alpha value is -0.120. The van der Waals surface area contributed by atoms with Gasteiger partial charge in [-0.2, -0.15) is 0 Å². The number of nitrogens with zero attached hydrogens (tertiary/aromatic N) is 2. The molecule has 0 amide bonds. The van der Waals surface area contributed by atoms with Crippen molar-refractivity contribution in [2.45, 2.75) is 63.6 Å². The van der Waals surface area contributed by atoms with Crippen LogP contribution >= 0.6 is 0 Å². The van der Waals surface area contributed by atoms with E-state index in [1.54, 1.807) is 0 Å². The summed E-state index contributed by atoms with van der Waals surface area (Å²) < 4.78 is 0. The summed E-state index contributed by atoms with van der Waals surface area (Å²) in [4.78, 5) is 5.08. The van der Waals surface area contributed by atoms with E-state index in [-0.39, 0.29) is 0 Å². The summed E-state index contributed by atoms with van der Waals surface area (Å²) in [5.74, 6) is 0. The van der Waals surface area contributed by atoms with Crippen molar-refractivity contribution in [2.24, 2.45) is 0 Å². The number of hydrogen-bond donors (Lipinski definition) is 1. The van der Waals surface area contributed by atoms with Gasteiger partial charge in [-0.05, 0) is 79.2 Å². The maximum atomic E-state index is 3.61. The molecular formula is C15H31N3. The van der Waals surface area contributed by atoms with Crippen molar-refractivity contribution in [3.63, 3.8) is 0 Å². The largest absolute Gasteiger partial charge is 0.314 e. The van der Waals surface area contributed by atoms with Crippen molar-refractivity contribution >= 4 is 0 Å². The molecule has 1 saturated heterocycles. The van der Waals surface area contributed by atoms with Crippen LogP contribution in [0.15, 0.2) is 0 Å². The minimum absolute atomic E-state index is 0.772. The summed E-state index contributed by atoms with van der Waals surface area (Å²) in [5.41, 5.74) is 0. The van der Waals surface area contributed by atoms with Crippen molar-refractivity contribution in [2.75, 3.05) is 33.7 Å². The average Bonchev–Trinajstić information content (AvgIpc) is 3.18. The Labute approximate surface area is 113 Å². The topological polar surface area (TPSA) is 18.5 Å². The van der Waals surface area contributed by atoms with Gasteiger partial charge >= 0.3 is 0 Å². The van der Waals surface area contributed by atoms with E-state index in [0.717, 1.165) is 18.1 Å². The van der Waals surface area contributed by atoms with Crippen molar-refractivity contribution in [1.29, 1.82) is 0 Å². The van der Waals surface area contributed by atoms with Crippen molar-refractivity contribution in [1.82, 2.24) is 15.1 Å². The van der Waals surface area contributed by atoms with E-state index in [2.05, 4.69) is 36.1 Å². The number of rotatable bonds is 7. The summed E-state index contributed by atoms with van der Waals surface area (Å²) in [6.07, 6.45) is 8.20. The van der Waals surface area contributed by atoms with Gasteiger partial charge in [-0.3, -0.25) is 0 Å². The van der Waals surface area contributed by atoms with E-state index in [4.69, 9.17) is 0 Å². The van der Waals surface area contributed by atoms with Crippen molar-refractivity contribution in [3.8, 4) is 0 Å². The van der Waals surface area contributed by atoms with Gasteiger partial charge in [0.05, 0.1) is 0 Å². The molecule has 1 aliphatic heterocycles. The molecule has 0 bridgehead atoms. The molecule has 18 heavy (non-hydrogen) atoms. The molecule has 2 fully saturated rings. The predicted octanol–water partition coefficient (Wildman–Crippen LogP) is 1.93. The molecule has 1 unspecified atom stereocenters. The van der Waals surface area contributed by atoms with E-state index in [1.807, 2.05) is 0 Å². The zero-order chi connectivity index (χ0) is 13.0.